The molecule has 1 aromatic heterocycles. The highest BCUT2D eigenvalue weighted by molar-refractivity contribution is 7.92. The van der Waals surface area contributed by atoms with Gasteiger partial charge in [-0.1, -0.05) is 47.1 Å². The Kier molecular flexibility index (Phi) is 5.42. The molecule has 0 saturated carbocycles. The molecule has 3 aromatic carbocycles. The zero-order valence-electron chi connectivity index (χ0n) is 18.0. The summed E-state index contributed by atoms with van der Waals surface area (Å²) in [6.45, 7) is 0. The van der Waals surface area contributed by atoms with Crippen molar-refractivity contribution in [2.24, 2.45) is 0 Å². The van der Waals surface area contributed by atoms with Gasteiger partial charge in [-0.05, 0) is 54.2 Å². The number of halogens is 1. The molecule has 33 heavy (non-hydrogen) atoms. The Morgan fingerprint density at radius 1 is 1.06 bits per heavy atom. The average Bonchev–Trinajstić information content (AvgIpc) is 3.22. The Labute approximate surface area is 196 Å². The Morgan fingerprint density at radius 3 is 2.67 bits per heavy atom. The summed E-state index contributed by atoms with van der Waals surface area (Å²) >= 11 is 6.49. The van der Waals surface area contributed by atoms with Crippen LogP contribution in [0.1, 0.15) is 17.7 Å². The minimum Gasteiger partial charge on any atom is -0.495 e. The van der Waals surface area contributed by atoms with Gasteiger partial charge in [-0.2, -0.15) is 0 Å². The topological polar surface area (TPSA) is 90.7 Å². The van der Waals surface area contributed by atoms with E-state index in [2.05, 4.69) is 15.9 Å². The van der Waals surface area contributed by atoms with Crippen molar-refractivity contribution in [1.82, 2.24) is 5.16 Å². The molecule has 0 fully saturated rings. The van der Waals surface area contributed by atoms with Gasteiger partial charge in [0, 0.05) is 5.39 Å². The minimum atomic E-state index is -4.11. The third-order valence-corrected chi connectivity index (χ3v) is 7.54. The molecule has 0 spiro atoms. The first kappa shape index (κ1) is 21.6. The molecule has 7 nitrogen and oxygen atoms in total. The summed E-state index contributed by atoms with van der Waals surface area (Å²) in [5.41, 5.74) is 4.32. The van der Waals surface area contributed by atoms with Gasteiger partial charge in [0.2, 0.25) is 0 Å². The number of benzene rings is 3. The van der Waals surface area contributed by atoms with Crippen LogP contribution < -0.4 is 14.2 Å². The second-order valence-electron chi connectivity index (χ2n) is 7.76. The number of rotatable bonds is 2. The zero-order chi connectivity index (χ0) is 23.2. The number of aromatic nitrogens is 1. The summed E-state index contributed by atoms with van der Waals surface area (Å²) < 4.78 is 46.0. The highest BCUT2D eigenvalue weighted by atomic mass is 35.5. The number of anilines is 1. The molecule has 4 bridgehead atoms. The molecule has 9 heteroatoms. The Hall–Kier alpha value is -3.23. The lowest BCUT2D eigenvalue weighted by Crippen LogP contribution is -2.15. The standard InChI is InChI=1S/C24H21ClN2O5S/c1-30-20-11-10-15-12-19(20)27-33(28,29)21-13-17-18(26-32-23(17)22(25)24(21)31-2)9-5-7-14-6-3-4-8-16(14)15/h3-4,6,8,10-13,27H,5,7,9H2,1-2H3. The van der Waals surface area contributed by atoms with E-state index >= 15 is 0 Å². The predicted molar refractivity (Wildman–Crippen MR) is 127 cm³/mol. The van der Waals surface area contributed by atoms with Crippen LogP contribution in [0.15, 0.2) is 57.9 Å². The second-order valence-corrected chi connectivity index (χ2v) is 9.79. The zero-order valence-corrected chi connectivity index (χ0v) is 19.6. The van der Waals surface area contributed by atoms with Crippen LogP contribution >= 0.6 is 11.6 Å². The lowest BCUT2D eigenvalue weighted by atomic mass is 9.95. The minimum absolute atomic E-state index is 0.00747. The summed E-state index contributed by atoms with van der Waals surface area (Å²) in [4.78, 5) is -0.100. The van der Waals surface area contributed by atoms with Gasteiger partial charge in [0.1, 0.15) is 15.7 Å². The van der Waals surface area contributed by atoms with E-state index in [4.69, 9.17) is 25.6 Å². The van der Waals surface area contributed by atoms with E-state index in [1.165, 1.54) is 20.3 Å². The molecular weight excluding hydrogens is 464 g/mol. The number of nitrogens with one attached hydrogen (secondary N) is 1. The number of ether oxygens (including phenoxy) is 2. The third-order valence-electron chi connectivity index (χ3n) is 5.83. The summed E-state index contributed by atoms with van der Waals surface area (Å²) in [6.07, 6.45) is 2.21. The summed E-state index contributed by atoms with van der Waals surface area (Å²) in [7, 11) is -1.25. The van der Waals surface area contributed by atoms with Crippen LogP contribution in [0.3, 0.4) is 0 Å². The van der Waals surface area contributed by atoms with E-state index in [-0.39, 0.29) is 15.7 Å². The molecule has 1 aliphatic rings. The quantitative estimate of drug-likeness (QED) is 0.406. The number of fused-ring (bicyclic) bond motifs is 5. The normalized spacial score (nSPS) is 14.9. The molecule has 4 aromatic rings. The third kappa shape index (κ3) is 3.69. The molecule has 1 aliphatic heterocycles. The van der Waals surface area contributed by atoms with Crippen molar-refractivity contribution < 1.29 is 22.4 Å². The monoisotopic (exact) mass is 484 g/mol. The van der Waals surface area contributed by atoms with Gasteiger partial charge in [0.25, 0.3) is 10.0 Å². The predicted octanol–water partition coefficient (Wildman–Crippen LogP) is 5.45. The van der Waals surface area contributed by atoms with Gasteiger partial charge in [-0.3, -0.25) is 4.72 Å². The molecule has 0 amide bonds. The van der Waals surface area contributed by atoms with Gasteiger partial charge in [-0.15, -0.1) is 0 Å². The van der Waals surface area contributed by atoms with E-state index in [9.17, 15) is 8.42 Å². The van der Waals surface area contributed by atoms with E-state index in [1.807, 2.05) is 24.3 Å². The molecule has 0 radical (unpaired) electrons. The van der Waals surface area contributed by atoms with Crippen molar-refractivity contribution in [1.29, 1.82) is 0 Å². The Balaban J connectivity index is 1.78. The molecule has 0 saturated heterocycles. The summed E-state index contributed by atoms with van der Waals surface area (Å²) in [5, 5.41) is 4.78. The highest BCUT2D eigenvalue weighted by Gasteiger charge is 2.28. The first-order valence-corrected chi connectivity index (χ1v) is 12.2. The fourth-order valence-corrected chi connectivity index (χ4v) is 5.87. The fraction of sp³-hybridized carbons (Fsp3) is 0.208. The van der Waals surface area contributed by atoms with Crippen LogP contribution in [-0.4, -0.2) is 27.8 Å². The van der Waals surface area contributed by atoms with E-state index in [0.717, 1.165) is 29.5 Å². The number of methoxy groups -OCH3 is 2. The van der Waals surface area contributed by atoms with E-state index in [1.54, 1.807) is 12.1 Å². The number of nitrogens with zero attached hydrogens (tertiary/aromatic N) is 1. The van der Waals surface area contributed by atoms with Crippen LogP contribution in [0.2, 0.25) is 5.02 Å². The highest BCUT2D eigenvalue weighted by Crippen LogP contribution is 2.42. The van der Waals surface area contributed by atoms with Crippen molar-refractivity contribution in [3.8, 4) is 22.6 Å². The van der Waals surface area contributed by atoms with Crippen LogP contribution in [0.5, 0.6) is 11.5 Å². The van der Waals surface area contributed by atoms with Gasteiger partial charge in [0.05, 0.1) is 25.6 Å². The van der Waals surface area contributed by atoms with Crippen molar-refractivity contribution in [3.05, 3.63) is 64.8 Å². The van der Waals surface area contributed by atoms with Crippen molar-refractivity contribution in [2.75, 3.05) is 18.9 Å². The summed E-state index contributed by atoms with van der Waals surface area (Å²) in [5.74, 6) is 0.385. The van der Waals surface area contributed by atoms with Crippen LogP contribution in [0.4, 0.5) is 5.69 Å². The lowest BCUT2D eigenvalue weighted by molar-refractivity contribution is 0.400. The first-order valence-electron chi connectivity index (χ1n) is 10.4. The molecule has 0 unspecified atom stereocenters. The van der Waals surface area contributed by atoms with E-state index < -0.39 is 10.0 Å². The number of hydrogen-bond acceptors (Lipinski definition) is 6. The van der Waals surface area contributed by atoms with Crippen LogP contribution in [-0.2, 0) is 22.9 Å². The van der Waals surface area contributed by atoms with Crippen molar-refractivity contribution in [2.45, 2.75) is 24.2 Å². The SMILES string of the molecule is COc1ccc2cc1NS(=O)(=O)c1cc3c(noc3c(Cl)c1OC)CCCc1ccccc1-2. The fourth-order valence-electron chi connectivity index (χ4n) is 4.24. The van der Waals surface area contributed by atoms with Gasteiger partial charge < -0.3 is 14.0 Å². The maximum Gasteiger partial charge on any atom is 0.265 e. The summed E-state index contributed by atoms with van der Waals surface area (Å²) in [6, 6.07) is 15.0. The van der Waals surface area contributed by atoms with Crippen LogP contribution in [0.25, 0.3) is 22.1 Å². The van der Waals surface area contributed by atoms with Crippen molar-refractivity contribution >= 4 is 38.3 Å². The average molecular weight is 485 g/mol. The Bertz CT molecular complexity index is 1480. The molecule has 0 aliphatic carbocycles. The molecule has 0 atom stereocenters. The molecule has 5 rings (SSSR count). The van der Waals surface area contributed by atoms with E-state index in [0.29, 0.717) is 34.5 Å². The lowest BCUT2D eigenvalue weighted by Gasteiger charge is -2.17. The van der Waals surface area contributed by atoms with Gasteiger partial charge in [-0.25, -0.2) is 8.42 Å². The molecule has 1 N–H and O–H groups in total. The molecule has 2 heterocycles. The Morgan fingerprint density at radius 2 is 1.88 bits per heavy atom. The maximum atomic E-state index is 13.5. The number of hydrogen-bond donors (Lipinski definition) is 1. The van der Waals surface area contributed by atoms with Gasteiger partial charge in [0.15, 0.2) is 11.3 Å². The van der Waals surface area contributed by atoms with Crippen molar-refractivity contribution in [3.63, 3.8) is 0 Å². The van der Waals surface area contributed by atoms with Gasteiger partial charge >= 0.3 is 0 Å². The maximum absolute atomic E-state index is 13.5. The molecule has 170 valence electrons. The molecular formula is C24H21ClN2O5S. The number of sulfonamides is 1. The first-order chi connectivity index (χ1) is 15.9. The number of aryl methyl sites for hydroxylation is 2. The second kappa shape index (κ2) is 8.28. The largest absolute Gasteiger partial charge is 0.495 e. The van der Waals surface area contributed by atoms with Crippen LogP contribution in [0, 0.1) is 0 Å². The smallest absolute Gasteiger partial charge is 0.265 e.